The molecule has 1 saturated heterocycles. The average Bonchev–Trinajstić information content (AvgIpc) is 3.61. The lowest BCUT2D eigenvalue weighted by molar-refractivity contribution is -0.128. The lowest BCUT2D eigenvalue weighted by Crippen LogP contribution is -2.43. The minimum atomic E-state index is -1.86. The van der Waals surface area contributed by atoms with E-state index in [2.05, 4.69) is 63.1 Å². The third-order valence-electron chi connectivity index (χ3n) is 9.05. The predicted molar refractivity (Wildman–Crippen MR) is 162 cm³/mol. The lowest BCUT2D eigenvalue weighted by atomic mass is 9.80. The van der Waals surface area contributed by atoms with Gasteiger partial charge in [-0.2, -0.15) is 5.26 Å². The van der Waals surface area contributed by atoms with Crippen molar-refractivity contribution in [3.63, 3.8) is 0 Å². The zero-order chi connectivity index (χ0) is 29.6. The Hall–Kier alpha value is -3.41. The first kappa shape index (κ1) is 29.1. The second kappa shape index (κ2) is 10.8. The minimum absolute atomic E-state index is 0.0254. The number of nitriles is 1. The Morgan fingerprint density at radius 2 is 2.00 bits per heavy atom. The van der Waals surface area contributed by atoms with Gasteiger partial charge in [0.25, 0.3) is 0 Å². The van der Waals surface area contributed by atoms with E-state index in [-0.39, 0.29) is 22.5 Å². The monoisotopic (exact) mass is 571 g/mol. The van der Waals surface area contributed by atoms with Crippen molar-refractivity contribution in [1.29, 1.82) is 5.26 Å². The van der Waals surface area contributed by atoms with Gasteiger partial charge in [0.2, 0.25) is 11.8 Å². The van der Waals surface area contributed by atoms with Crippen molar-refractivity contribution in [2.45, 2.75) is 83.5 Å². The molecular weight excluding hydrogens is 530 g/mol. The van der Waals surface area contributed by atoms with Crippen molar-refractivity contribution in [2.75, 3.05) is 19.7 Å². The first-order valence-corrected chi connectivity index (χ1v) is 17.5. The Bertz CT molecular complexity index is 1500. The number of likely N-dealkylation sites (tertiary alicyclic amines) is 1. The second-order valence-corrected chi connectivity index (χ2v) is 18.0. The standard InChI is InChI=1S/C33H41N3O4Si/c1-22(2)39-28-12-11-23(17-24(28)19-34)31-35-20-29(40-31)26-9-8-10-27-25(26)13-14-33(27)18-30(37)36(21-33)15-16-38-41(6,7)32(3,4)5/h8-12,17,20,22H,13-16,18,21H2,1-7H3. The van der Waals surface area contributed by atoms with E-state index in [4.69, 9.17) is 13.6 Å². The molecule has 2 aliphatic rings. The number of carbonyl (C=O) groups excluding carboxylic acids is 1. The number of hydrogen-bond acceptors (Lipinski definition) is 6. The summed E-state index contributed by atoms with van der Waals surface area (Å²) in [6.45, 7) is 17.0. The molecule has 2 aromatic carbocycles. The number of hydrogen-bond donors (Lipinski definition) is 0. The highest BCUT2D eigenvalue weighted by atomic mass is 28.4. The van der Waals surface area contributed by atoms with E-state index in [9.17, 15) is 10.1 Å². The zero-order valence-corrected chi connectivity index (χ0v) is 26.3. The van der Waals surface area contributed by atoms with Gasteiger partial charge in [-0.3, -0.25) is 4.79 Å². The lowest BCUT2D eigenvalue weighted by Gasteiger charge is -2.36. The molecule has 0 bridgehead atoms. The topological polar surface area (TPSA) is 88.6 Å². The summed E-state index contributed by atoms with van der Waals surface area (Å²) in [7, 11) is -1.86. The molecule has 2 heterocycles. The van der Waals surface area contributed by atoms with Crippen molar-refractivity contribution in [3.05, 3.63) is 59.3 Å². The molecule has 0 saturated carbocycles. The molecule has 216 valence electrons. The predicted octanol–water partition coefficient (Wildman–Crippen LogP) is 7.11. The number of oxazole rings is 1. The van der Waals surface area contributed by atoms with Crippen molar-refractivity contribution in [1.82, 2.24) is 9.88 Å². The molecule has 5 rings (SSSR count). The van der Waals surface area contributed by atoms with Crippen LogP contribution >= 0.6 is 0 Å². The van der Waals surface area contributed by atoms with E-state index in [0.29, 0.717) is 42.5 Å². The first-order valence-electron chi connectivity index (χ1n) is 14.5. The number of nitrogens with zero attached hydrogens (tertiary/aromatic N) is 3. The van der Waals surface area contributed by atoms with Crippen LogP contribution in [0.5, 0.6) is 5.75 Å². The number of amides is 1. The van der Waals surface area contributed by atoms with Crippen LogP contribution in [-0.4, -0.2) is 49.9 Å². The molecule has 1 fully saturated rings. The average molecular weight is 572 g/mol. The van der Waals surface area contributed by atoms with Crippen LogP contribution < -0.4 is 4.74 Å². The fourth-order valence-electron chi connectivity index (χ4n) is 5.81. The van der Waals surface area contributed by atoms with Gasteiger partial charge >= 0.3 is 0 Å². The highest BCUT2D eigenvalue weighted by Crippen LogP contribution is 2.49. The van der Waals surface area contributed by atoms with E-state index >= 15 is 0 Å². The second-order valence-electron chi connectivity index (χ2n) is 13.2. The molecule has 1 aliphatic carbocycles. The molecule has 0 radical (unpaired) electrons. The van der Waals surface area contributed by atoms with Crippen molar-refractivity contribution < 1.29 is 18.4 Å². The first-order chi connectivity index (χ1) is 19.3. The molecular formula is C33H41N3O4Si. The Labute approximate surface area is 244 Å². The molecule has 1 amide bonds. The van der Waals surface area contributed by atoms with Crippen LogP contribution in [0.15, 0.2) is 47.0 Å². The van der Waals surface area contributed by atoms with Crippen LogP contribution in [0, 0.1) is 11.3 Å². The third-order valence-corrected chi connectivity index (χ3v) is 13.6. The highest BCUT2D eigenvalue weighted by Gasteiger charge is 2.48. The number of ether oxygens (including phenoxy) is 1. The third kappa shape index (κ3) is 5.58. The molecule has 1 aliphatic heterocycles. The SMILES string of the molecule is CC(C)Oc1ccc(-c2ncc(-c3cccc4c3CCC43CC(=O)N(CCO[Si](C)(C)C(C)(C)C)C3)o2)cc1C#N. The molecule has 1 atom stereocenters. The molecule has 41 heavy (non-hydrogen) atoms. The van der Waals surface area contributed by atoms with Crippen molar-refractivity contribution in [3.8, 4) is 34.6 Å². The van der Waals surface area contributed by atoms with Crippen molar-refractivity contribution in [2.24, 2.45) is 0 Å². The molecule has 7 nitrogen and oxygen atoms in total. The highest BCUT2D eigenvalue weighted by molar-refractivity contribution is 6.74. The van der Waals surface area contributed by atoms with Crippen LogP contribution in [0.1, 0.15) is 64.2 Å². The summed E-state index contributed by atoms with van der Waals surface area (Å²) in [5.74, 6) is 1.92. The Balaban J connectivity index is 1.35. The fraction of sp³-hybridized carbons (Fsp3) is 0.485. The van der Waals surface area contributed by atoms with Gasteiger partial charge in [-0.25, -0.2) is 4.98 Å². The summed E-state index contributed by atoms with van der Waals surface area (Å²) in [5.41, 5.74) is 4.51. The molecule has 1 unspecified atom stereocenters. The Morgan fingerprint density at radius 3 is 2.71 bits per heavy atom. The van der Waals surface area contributed by atoms with E-state index in [0.717, 1.165) is 30.5 Å². The van der Waals surface area contributed by atoms with E-state index < -0.39 is 8.32 Å². The van der Waals surface area contributed by atoms with Gasteiger partial charge in [0.15, 0.2) is 14.1 Å². The van der Waals surface area contributed by atoms with Gasteiger partial charge < -0.3 is 18.5 Å². The van der Waals surface area contributed by atoms with Gasteiger partial charge in [0.05, 0.1) is 24.5 Å². The quantitative estimate of drug-likeness (QED) is 0.268. The maximum atomic E-state index is 13.2. The number of rotatable bonds is 8. The van der Waals surface area contributed by atoms with E-state index in [1.165, 1.54) is 11.1 Å². The molecule has 0 N–H and O–H groups in total. The van der Waals surface area contributed by atoms with Crippen LogP contribution in [0.3, 0.4) is 0 Å². The summed E-state index contributed by atoms with van der Waals surface area (Å²) in [6, 6.07) is 13.9. The summed E-state index contributed by atoms with van der Waals surface area (Å²) in [5, 5.41) is 9.78. The number of aromatic nitrogens is 1. The van der Waals surface area contributed by atoms with Crippen LogP contribution in [-0.2, 0) is 21.1 Å². The maximum absolute atomic E-state index is 13.2. The zero-order valence-electron chi connectivity index (χ0n) is 25.3. The number of benzene rings is 2. The molecule has 8 heteroatoms. The normalized spacial score (nSPS) is 18.8. The van der Waals surface area contributed by atoms with Crippen LogP contribution in [0.4, 0.5) is 0 Å². The number of carbonyl (C=O) groups is 1. The molecule has 3 aromatic rings. The Morgan fingerprint density at radius 1 is 1.22 bits per heavy atom. The molecule has 1 spiro atoms. The van der Waals surface area contributed by atoms with Crippen molar-refractivity contribution >= 4 is 14.2 Å². The summed E-state index contributed by atoms with van der Waals surface area (Å²) >= 11 is 0. The minimum Gasteiger partial charge on any atom is -0.490 e. The van der Waals surface area contributed by atoms with Gasteiger partial charge in [0, 0.05) is 36.1 Å². The maximum Gasteiger partial charge on any atom is 0.226 e. The fourth-order valence-corrected chi connectivity index (χ4v) is 6.85. The van der Waals surface area contributed by atoms with E-state index in [1.54, 1.807) is 18.3 Å². The number of fused-ring (bicyclic) bond motifs is 2. The summed E-state index contributed by atoms with van der Waals surface area (Å²) in [6.07, 6.45) is 4.09. The van der Waals surface area contributed by atoms with Gasteiger partial charge in [0.1, 0.15) is 11.8 Å². The van der Waals surface area contributed by atoms with Crippen LogP contribution in [0.2, 0.25) is 18.1 Å². The Kier molecular flexibility index (Phi) is 7.64. The molecule has 1 aromatic heterocycles. The smallest absolute Gasteiger partial charge is 0.226 e. The van der Waals surface area contributed by atoms with E-state index in [1.807, 2.05) is 24.8 Å². The summed E-state index contributed by atoms with van der Waals surface area (Å²) in [4.78, 5) is 19.7. The largest absolute Gasteiger partial charge is 0.490 e. The van der Waals surface area contributed by atoms with Gasteiger partial charge in [-0.05, 0) is 74.1 Å². The van der Waals surface area contributed by atoms with Gasteiger partial charge in [-0.15, -0.1) is 0 Å². The summed E-state index contributed by atoms with van der Waals surface area (Å²) < 4.78 is 18.4. The van der Waals surface area contributed by atoms with Gasteiger partial charge in [-0.1, -0.05) is 39.0 Å². The van der Waals surface area contributed by atoms with Crippen LogP contribution in [0.25, 0.3) is 22.8 Å².